The van der Waals surface area contributed by atoms with Gasteiger partial charge >= 0.3 is 0 Å². The maximum absolute atomic E-state index is 13.4. The number of sulfonamides is 1. The molecule has 39 heavy (non-hydrogen) atoms. The minimum atomic E-state index is -3.62. The van der Waals surface area contributed by atoms with Crippen molar-refractivity contribution in [3.05, 3.63) is 36.4 Å². The van der Waals surface area contributed by atoms with Gasteiger partial charge < -0.3 is 19.1 Å². The standard InChI is InChI=1S/C31H52N2O5S/c1-7-26(20-16-14-12-11-13-15-17-25-31(36-8-2,37-9-3)38-10-4)32-39(34,35)30-24-19-21-27-28(30)22-18-23-29(27)33(5)6/h18-19,21-24,26,32H,7-17,20,25H2,1-6H3. The lowest BCUT2D eigenvalue weighted by Gasteiger charge is -2.32. The van der Waals surface area contributed by atoms with E-state index in [4.69, 9.17) is 14.2 Å². The Balaban J connectivity index is 1.78. The van der Waals surface area contributed by atoms with Crippen molar-refractivity contribution in [2.75, 3.05) is 38.8 Å². The zero-order valence-electron chi connectivity index (χ0n) is 25.1. The second kappa shape index (κ2) is 17.2. The molecule has 0 radical (unpaired) electrons. The Morgan fingerprint density at radius 1 is 0.769 bits per heavy atom. The number of nitrogens with zero attached hydrogens (tertiary/aromatic N) is 1. The van der Waals surface area contributed by atoms with Gasteiger partial charge in [-0.2, -0.15) is 0 Å². The molecule has 2 aromatic rings. The molecule has 7 nitrogen and oxygen atoms in total. The average Bonchev–Trinajstić information content (AvgIpc) is 2.91. The molecule has 0 saturated heterocycles. The summed E-state index contributed by atoms with van der Waals surface area (Å²) in [6, 6.07) is 11.3. The van der Waals surface area contributed by atoms with Crippen molar-refractivity contribution in [1.82, 2.24) is 4.72 Å². The highest BCUT2D eigenvalue weighted by atomic mass is 32.2. The van der Waals surface area contributed by atoms with E-state index >= 15 is 0 Å². The first-order valence-electron chi connectivity index (χ1n) is 14.9. The molecule has 0 aliphatic rings. The van der Waals surface area contributed by atoms with E-state index < -0.39 is 16.0 Å². The molecular weight excluding hydrogens is 512 g/mol. The van der Waals surface area contributed by atoms with Gasteiger partial charge in [-0.1, -0.05) is 69.7 Å². The molecule has 222 valence electrons. The van der Waals surface area contributed by atoms with Crippen LogP contribution in [0.2, 0.25) is 0 Å². The van der Waals surface area contributed by atoms with Crippen LogP contribution >= 0.6 is 0 Å². The number of fused-ring (bicyclic) bond motifs is 1. The van der Waals surface area contributed by atoms with Crippen LogP contribution in [0.5, 0.6) is 0 Å². The van der Waals surface area contributed by atoms with Crippen LogP contribution < -0.4 is 9.62 Å². The fourth-order valence-corrected chi connectivity index (χ4v) is 6.71. The van der Waals surface area contributed by atoms with Gasteiger partial charge in [-0.15, -0.1) is 0 Å². The Bertz CT molecular complexity index is 1060. The van der Waals surface area contributed by atoms with Crippen molar-refractivity contribution in [2.24, 2.45) is 0 Å². The van der Waals surface area contributed by atoms with Gasteiger partial charge in [0.15, 0.2) is 0 Å². The quantitative estimate of drug-likeness (QED) is 0.127. The van der Waals surface area contributed by atoms with Crippen molar-refractivity contribution in [2.45, 2.75) is 109 Å². The molecule has 0 amide bonds. The van der Waals surface area contributed by atoms with Crippen molar-refractivity contribution >= 4 is 26.5 Å². The second-order valence-electron chi connectivity index (χ2n) is 10.2. The summed E-state index contributed by atoms with van der Waals surface area (Å²) >= 11 is 0. The Kier molecular flexibility index (Phi) is 14.8. The Morgan fingerprint density at radius 2 is 1.31 bits per heavy atom. The first-order valence-corrected chi connectivity index (χ1v) is 16.3. The summed E-state index contributed by atoms with van der Waals surface area (Å²) in [5, 5.41) is 1.70. The van der Waals surface area contributed by atoms with Gasteiger partial charge in [0.1, 0.15) is 0 Å². The molecule has 0 bridgehead atoms. The van der Waals surface area contributed by atoms with Crippen LogP contribution in [0.15, 0.2) is 41.3 Å². The van der Waals surface area contributed by atoms with Crippen LogP contribution in [-0.2, 0) is 24.2 Å². The SMILES string of the molecule is CCOC(CCCCCCCCCC(CC)NS(=O)(=O)c1cccc2c(N(C)C)cccc12)(OCC)OCC. The summed E-state index contributed by atoms with van der Waals surface area (Å²) in [4.78, 5) is 2.36. The van der Waals surface area contributed by atoms with Crippen LogP contribution in [-0.4, -0.2) is 54.3 Å². The van der Waals surface area contributed by atoms with E-state index in [2.05, 4.69) is 4.72 Å². The zero-order chi connectivity index (χ0) is 28.7. The summed E-state index contributed by atoms with van der Waals surface area (Å²) in [6.45, 7) is 9.63. The molecule has 8 heteroatoms. The Labute approximate surface area is 237 Å². The molecule has 2 aromatic carbocycles. The molecule has 0 fully saturated rings. The predicted octanol–water partition coefficient (Wildman–Crippen LogP) is 7.24. The molecule has 0 aromatic heterocycles. The molecule has 0 heterocycles. The van der Waals surface area contributed by atoms with E-state index in [0.29, 0.717) is 24.7 Å². The Morgan fingerprint density at radius 3 is 1.87 bits per heavy atom. The van der Waals surface area contributed by atoms with E-state index in [0.717, 1.165) is 67.8 Å². The summed E-state index contributed by atoms with van der Waals surface area (Å²) in [5.41, 5.74) is 1.01. The highest BCUT2D eigenvalue weighted by molar-refractivity contribution is 7.89. The Hall–Kier alpha value is -1.71. The third-order valence-corrected chi connectivity index (χ3v) is 8.65. The van der Waals surface area contributed by atoms with Crippen LogP contribution in [0, 0.1) is 0 Å². The first-order chi connectivity index (χ1) is 18.7. The van der Waals surface area contributed by atoms with E-state index in [1.165, 1.54) is 12.8 Å². The number of hydrogen-bond acceptors (Lipinski definition) is 6. The summed E-state index contributed by atoms with van der Waals surface area (Å²) in [5.74, 6) is -0.901. The maximum Gasteiger partial charge on any atom is 0.282 e. The molecule has 0 aliphatic heterocycles. The monoisotopic (exact) mass is 564 g/mol. The number of benzene rings is 2. The number of nitrogens with one attached hydrogen (secondary N) is 1. The highest BCUT2D eigenvalue weighted by Crippen LogP contribution is 2.30. The molecule has 1 unspecified atom stereocenters. The minimum Gasteiger partial charge on any atom is -0.377 e. The summed E-state index contributed by atoms with van der Waals surface area (Å²) in [7, 11) is 0.321. The smallest absolute Gasteiger partial charge is 0.282 e. The van der Waals surface area contributed by atoms with Gasteiger partial charge in [0.05, 0.1) is 4.90 Å². The molecule has 0 spiro atoms. The average molecular weight is 565 g/mol. The minimum absolute atomic E-state index is 0.0638. The number of hydrogen-bond donors (Lipinski definition) is 1. The van der Waals surface area contributed by atoms with Crippen molar-refractivity contribution in [3.63, 3.8) is 0 Å². The van der Waals surface area contributed by atoms with E-state index in [-0.39, 0.29) is 6.04 Å². The summed E-state index contributed by atoms with van der Waals surface area (Å²) in [6.07, 6.45) is 10.1. The largest absolute Gasteiger partial charge is 0.377 e. The third kappa shape index (κ3) is 10.3. The molecule has 2 rings (SSSR count). The van der Waals surface area contributed by atoms with Crippen molar-refractivity contribution < 1.29 is 22.6 Å². The third-order valence-electron chi connectivity index (χ3n) is 7.07. The van der Waals surface area contributed by atoms with Crippen LogP contribution in [0.4, 0.5) is 5.69 Å². The molecule has 0 saturated carbocycles. The molecule has 1 N–H and O–H groups in total. The molecule has 1 atom stereocenters. The number of ether oxygens (including phenoxy) is 3. The highest BCUT2D eigenvalue weighted by Gasteiger charge is 2.31. The zero-order valence-corrected chi connectivity index (χ0v) is 25.9. The van der Waals surface area contributed by atoms with Crippen LogP contribution in [0.1, 0.15) is 91.9 Å². The van der Waals surface area contributed by atoms with Gasteiger partial charge in [-0.3, -0.25) is 0 Å². The lowest BCUT2D eigenvalue weighted by molar-refractivity contribution is -0.380. The topological polar surface area (TPSA) is 77.1 Å². The fraction of sp³-hybridized carbons (Fsp3) is 0.677. The van der Waals surface area contributed by atoms with Crippen LogP contribution in [0.3, 0.4) is 0 Å². The van der Waals surface area contributed by atoms with Gasteiger partial charge in [0, 0.05) is 62.8 Å². The van der Waals surface area contributed by atoms with E-state index in [1.54, 1.807) is 6.07 Å². The van der Waals surface area contributed by atoms with Crippen molar-refractivity contribution in [3.8, 4) is 0 Å². The van der Waals surface area contributed by atoms with E-state index in [9.17, 15) is 8.42 Å². The van der Waals surface area contributed by atoms with E-state index in [1.807, 2.05) is 77.0 Å². The van der Waals surface area contributed by atoms with Gasteiger partial charge in [-0.25, -0.2) is 13.1 Å². The van der Waals surface area contributed by atoms with Crippen molar-refractivity contribution in [1.29, 1.82) is 0 Å². The lowest BCUT2D eigenvalue weighted by Crippen LogP contribution is -2.39. The predicted molar refractivity (Wildman–Crippen MR) is 162 cm³/mol. The number of unbranched alkanes of at least 4 members (excludes halogenated alkanes) is 6. The molecule has 0 aliphatic carbocycles. The number of rotatable bonds is 21. The second-order valence-corrected chi connectivity index (χ2v) is 11.9. The lowest BCUT2D eigenvalue weighted by atomic mass is 10.0. The molecular formula is C31H52N2O5S. The maximum atomic E-state index is 13.4. The van der Waals surface area contributed by atoms with Crippen LogP contribution in [0.25, 0.3) is 10.8 Å². The normalized spacial score (nSPS) is 13.2. The summed E-state index contributed by atoms with van der Waals surface area (Å²) < 4.78 is 47.2. The van der Waals surface area contributed by atoms with Gasteiger partial charge in [0.2, 0.25) is 10.0 Å². The first kappa shape index (κ1) is 33.5. The van der Waals surface area contributed by atoms with Gasteiger partial charge in [0.25, 0.3) is 5.97 Å². The number of anilines is 1. The fourth-order valence-electron chi connectivity index (χ4n) is 5.14. The van der Waals surface area contributed by atoms with Gasteiger partial charge in [-0.05, 0) is 52.2 Å².